The normalized spacial score (nSPS) is 10.4. The molecule has 0 amide bonds. The predicted octanol–water partition coefficient (Wildman–Crippen LogP) is -0.279. The molecule has 6 heteroatoms. The maximum absolute atomic E-state index is 9.05. The molecule has 0 unspecified atom stereocenters. The molecule has 0 aliphatic carbocycles. The highest BCUT2D eigenvalue weighted by molar-refractivity contribution is 6.58. The van der Waals surface area contributed by atoms with Crippen LogP contribution in [0.15, 0.2) is 36.5 Å². The molecule has 0 radical (unpaired) electrons. The van der Waals surface area contributed by atoms with Crippen LogP contribution in [0.2, 0.25) is 0 Å². The van der Waals surface area contributed by atoms with Gasteiger partial charge in [0.05, 0.1) is 6.61 Å². The molecule has 2 aromatic rings. The van der Waals surface area contributed by atoms with Crippen LogP contribution in [0.5, 0.6) is 5.75 Å². The van der Waals surface area contributed by atoms with Gasteiger partial charge in [0, 0.05) is 25.4 Å². The van der Waals surface area contributed by atoms with E-state index in [4.69, 9.17) is 14.8 Å². The average molecular weight is 246 g/mol. The predicted molar refractivity (Wildman–Crippen MR) is 68.7 cm³/mol. The summed E-state index contributed by atoms with van der Waals surface area (Å²) in [6.07, 6.45) is 2.50. The van der Waals surface area contributed by atoms with Crippen molar-refractivity contribution >= 4 is 12.6 Å². The molecule has 0 spiro atoms. The summed E-state index contributed by atoms with van der Waals surface area (Å²) < 4.78 is 7.36. The van der Waals surface area contributed by atoms with Crippen LogP contribution in [0.4, 0.5) is 0 Å². The third-order valence-corrected chi connectivity index (χ3v) is 2.71. The van der Waals surface area contributed by atoms with Gasteiger partial charge in [0.1, 0.15) is 5.75 Å². The van der Waals surface area contributed by atoms with Crippen LogP contribution in [0.25, 0.3) is 0 Å². The fourth-order valence-electron chi connectivity index (χ4n) is 1.68. The highest BCUT2D eigenvalue weighted by Crippen LogP contribution is 2.08. The summed E-state index contributed by atoms with van der Waals surface area (Å²) in [5.41, 5.74) is 1.52. The first-order valence-corrected chi connectivity index (χ1v) is 5.72. The van der Waals surface area contributed by atoms with Crippen LogP contribution in [-0.2, 0) is 13.5 Å². The lowest BCUT2D eigenvalue weighted by atomic mass is 9.80. The molecule has 1 aromatic heterocycles. The Bertz CT molecular complexity index is 514. The van der Waals surface area contributed by atoms with Crippen molar-refractivity contribution in [1.29, 1.82) is 0 Å². The Balaban J connectivity index is 1.90. The van der Waals surface area contributed by atoms with E-state index in [0.717, 1.165) is 12.1 Å². The molecule has 0 saturated carbocycles. The fourth-order valence-corrected chi connectivity index (χ4v) is 1.68. The lowest BCUT2D eigenvalue weighted by Crippen LogP contribution is -2.29. The van der Waals surface area contributed by atoms with Gasteiger partial charge in [-0.1, -0.05) is 12.1 Å². The minimum Gasteiger partial charge on any atom is -0.493 e. The van der Waals surface area contributed by atoms with Crippen molar-refractivity contribution in [3.63, 3.8) is 0 Å². The van der Waals surface area contributed by atoms with Crippen molar-refractivity contribution in [3.8, 4) is 5.75 Å². The van der Waals surface area contributed by atoms with Gasteiger partial charge >= 0.3 is 7.12 Å². The molecule has 0 bridgehead atoms. The van der Waals surface area contributed by atoms with E-state index in [9.17, 15) is 0 Å². The van der Waals surface area contributed by atoms with E-state index in [1.165, 1.54) is 0 Å². The second-order valence-corrected chi connectivity index (χ2v) is 3.99. The Hall–Kier alpha value is -1.79. The van der Waals surface area contributed by atoms with Crippen LogP contribution in [0.3, 0.4) is 0 Å². The largest absolute Gasteiger partial charge is 0.493 e. The number of hydrogen-bond donors (Lipinski definition) is 2. The van der Waals surface area contributed by atoms with Gasteiger partial charge in [-0.25, -0.2) is 0 Å². The molecule has 0 atom stereocenters. The quantitative estimate of drug-likeness (QED) is 0.712. The number of hydrogen-bond acceptors (Lipinski definition) is 4. The van der Waals surface area contributed by atoms with Crippen molar-refractivity contribution in [2.45, 2.75) is 6.42 Å². The summed E-state index contributed by atoms with van der Waals surface area (Å²) in [7, 11) is 0.420. The first-order chi connectivity index (χ1) is 8.66. The van der Waals surface area contributed by atoms with Gasteiger partial charge in [-0.2, -0.15) is 5.10 Å². The highest BCUT2D eigenvalue weighted by atomic mass is 16.5. The summed E-state index contributed by atoms with van der Waals surface area (Å²) >= 11 is 0. The van der Waals surface area contributed by atoms with Crippen molar-refractivity contribution in [2.75, 3.05) is 6.61 Å². The number of rotatable bonds is 5. The topological polar surface area (TPSA) is 67.5 Å². The zero-order valence-electron chi connectivity index (χ0n) is 10.2. The number of benzene rings is 1. The lowest BCUT2D eigenvalue weighted by molar-refractivity contribution is 0.318. The monoisotopic (exact) mass is 246 g/mol. The SMILES string of the molecule is Cn1nccc1CCOc1cccc(B(O)O)c1. The van der Waals surface area contributed by atoms with Crippen LogP contribution in [0, 0.1) is 0 Å². The number of aromatic nitrogens is 2. The molecule has 0 fully saturated rings. The second kappa shape index (κ2) is 5.70. The number of nitrogens with zero attached hydrogens (tertiary/aromatic N) is 2. The summed E-state index contributed by atoms with van der Waals surface area (Å²) in [5.74, 6) is 0.628. The summed E-state index contributed by atoms with van der Waals surface area (Å²) in [4.78, 5) is 0. The molecule has 94 valence electrons. The highest BCUT2D eigenvalue weighted by Gasteiger charge is 2.11. The summed E-state index contributed by atoms with van der Waals surface area (Å²) in [6, 6.07) is 8.72. The standard InChI is InChI=1S/C12H15BN2O3/c1-15-11(5-7-14-15)6-8-18-12-4-2-3-10(9-12)13(16)17/h2-5,7,9,16-17H,6,8H2,1H3. The fraction of sp³-hybridized carbons (Fsp3) is 0.250. The zero-order chi connectivity index (χ0) is 13.0. The van der Waals surface area contributed by atoms with Crippen molar-refractivity contribution in [3.05, 3.63) is 42.2 Å². The Morgan fingerprint density at radius 2 is 2.17 bits per heavy atom. The van der Waals surface area contributed by atoms with Gasteiger partial charge in [0.25, 0.3) is 0 Å². The first-order valence-electron chi connectivity index (χ1n) is 5.72. The smallest absolute Gasteiger partial charge is 0.488 e. The van der Waals surface area contributed by atoms with E-state index >= 15 is 0 Å². The Morgan fingerprint density at radius 3 is 2.83 bits per heavy atom. The van der Waals surface area contributed by atoms with E-state index in [-0.39, 0.29) is 0 Å². The van der Waals surface area contributed by atoms with E-state index < -0.39 is 7.12 Å². The van der Waals surface area contributed by atoms with Crippen molar-refractivity contribution < 1.29 is 14.8 Å². The Kier molecular flexibility index (Phi) is 4.01. The maximum Gasteiger partial charge on any atom is 0.488 e. The molecule has 2 N–H and O–H groups in total. The average Bonchev–Trinajstić information content (AvgIpc) is 2.76. The summed E-state index contributed by atoms with van der Waals surface area (Å²) in [5, 5.41) is 22.2. The van der Waals surface area contributed by atoms with Crippen LogP contribution >= 0.6 is 0 Å². The molecular weight excluding hydrogens is 231 g/mol. The zero-order valence-corrected chi connectivity index (χ0v) is 10.2. The minimum absolute atomic E-state index is 0.424. The van der Waals surface area contributed by atoms with E-state index in [1.807, 2.05) is 13.1 Å². The van der Waals surface area contributed by atoms with E-state index in [1.54, 1.807) is 35.1 Å². The van der Waals surface area contributed by atoms with Gasteiger partial charge in [0.15, 0.2) is 0 Å². The van der Waals surface area contributed by atoms with Gasteiger partial charge < -0.3 is 14.8 Å². The molecule has 0 aliphatic rings. The van der Waals surface area contributed by atoms with E-state index in [2.05, 4.69) is 5.10 Å². The molecule has 2 rings (SSSR count). The second-order valence-electron chi connectivity index (χ2n) is 3.99. The van der Waals surface area contributed by atoms with Crippen LogP contribution < -0.4 is 10.2 Å². The van der Waals surface area contributed by atoms with Gasteiger partial charge in [0.2, 0.25) is 0 Å². The Labute approximate surface area is 106 Å². The molecule has 5 nitrogen and oxygen atoms in total. The number of aryl methyl sites for hydroxylation is 1. The maximum atomic E-state index is 9.05. The number of ether oxygens (including phenoxy) is 1. The molecule has 0 saturated heterocycles. The third kappa shape index (κ3) is 3.12. The van der Waals surface area contributed by atoms with E-state index in [0.29, 0.717) is 17.8 Å². The molecule has 0 aliphatic heterocycles. The van der Waals surface area contributed by atoms with Gasteiger partial charge in [-0.3, -0.25) is 4.68 Å². The molecule has 18 heavy (non-hydrogen) atoms. The molecular formula is C12H15BN2O3. The van der Waals surface area contributed by atoms with Gasteiger partial charge in [-0.05, 0) is 23.7 Å². The first kappa shape index (κ1) is 12.7. The third-order valence-electron chi connectivity index (χ3n) is 2.71. The van der Waals surface area contributed by atoms with Crippen LogP contribution in [0.1, 0.15) is 5.69 Å². The molecule has 1 heterocycles. The minimum atomic E-state index is -1.47. The van der Waals surface area contributed by atoms with Crippen LogP contribution in [-0.4, -0.2) is 33.6 Å². The van der Waals surface area contributed by atoms with Crippen molar-refractivity contribution in [2.24, 2.45) is 7.05 Å². The lowest BCUT2D eigenvalue weighted by Gasteiger charge is -2.08. The summed E-state index contributed by atoms with van der Waals surface area (Å²) in [6.45, 7) is 0.518. The van der Waals surface area contributed by atoms with Gasteiger partial charge in [-0.15, -0.1) is 0 Å². The van der Waals surface area contributed by atoms with Crippen molar-refractivity contribution in [1.82, 2.24) is 9.78 Å². The Morgan fingerprint density at radius 1 is 1.33 bits per heavy atom. The molecule has 1 aromatic carbocycles.